The van der Waals surface area contributed by atoms with Crippen LogP contribution in [0.2, 0.25) is 0 Å². The monoisotopic (exact) mass is 393 g/mol. The molecule has 5 heteroatoms. The van der Waals surface area contributed by atoms with Crippen LogP contribution in [0.25, 0.3) is 0 Å². The minimum Gasteiger partial charge on any atom is -0.512 e. The molecule has 0 bridgehead atoms. The molecular weight excluding hydrogens is 366 g/mol. The van der Waals surface area contributed by atoms with Crippen molar-refractivity contribution < 1.29 is 19.5 Å². The number of rotatable bonds is 3. The fourth-order valence-electron chi connectivity index (χ4n) is 4.72. The summed E-state index contributed by atoms with van der Waals surface area (Å²) in [5, 5.41) is 19.9. The van der Waals surface area contributed by atoms with Crippen LogP contribution in [-0.4, -0.2) is 22.5 Å². The lowest BCUT2D eigenvalue weighted by Gasteiger charge is -2.39. The van der Waals surface area contributed by atoms with Gasteiger partial charge in [0.05, 0.1) is 17.6 Å². The Bertz CT molecular complexity index is 924. The summed E-state index contributed by atoms with van der Waals surface area (Å²) < 4.78 is 0. The number of Topliss-reactive ketones (excluding diaryl/α,β-unsaturated/α-hetero) is 3. The van der Waals surface area contributed by atoms with E-state index in [2.05, 4.69) is 0 Å². The molecule has 0 heterocycles. The van der Waals surface area contributed by atoms with Crippen LogP contribution in [0.1, 0.15) is 70.4 Å². The zero-order valence-electron chi connectivity index (χ0n) is 17.4. The lowest BCUT2D eigenvalue weighted by atomic mass is 9.62. The molecular formula is C24H27NO4. The molecule has 1 atom stereocenters. The minimum absolute atomic E-state index is 0.0361. The maximum absolute atomic E-state index is 13.1. The first-order valence-corrected chi connectivity index (χ1v) is 9.95. The lowest BCUT2D eigenvalue weighted by molar-refractivity contribution is -0.140. The average molecular weight is 393 g/mol. The summed E-state index contributed by atoms with van der Waals surface area (Å²) in [5.74, 6) is -2.46. The SMILES string of the molecule is CC1(C)CC(=O)C([C@@H](C2=C(O)CC(C)(C)CC2=O)c2ccc(C#N)cc2)C(=O)C1. The summed E-state index contributed by atoms with van der Waals surface area (Å²) in [5.41, 5.74) is 0.451. The van der Waals surface area contributed by atoms with Gasteiger partial charge < -0.3 is 5.11 Å². The molecule has 0 spiro atoms. The Labute approximate surface area is 171 Å². The second-order valence-electron chi connectivity index (χ2n) is 9.94. The maximum Gasteiger partial charge on any atom is 0.163 e. The highest BCUT2D eigenvalue weighted by atomic mass is 16.3. The molecule has 0 aromatic heterocycles. The Kier molecular flexibility index (Phi) is 5.25. The van der Waals surface area contributed by atoms with Crippen molar-refractivity contribution in [3.05, 3.63) is 46.7 Å². The molecule has 0 saturated heterocycles. The molecule has 29 heavy (non-hydrogen) atoms. The normalized spacial score (nSPS) is 23.1. The Morgan fingerprint density at radius 2 is 1.45 bits per heavy atom. The first kappa shape index (κ1) is 21.0. The van der Waals surface area contributed by atoms with Crippen molar-refractivity contribution in [3.8, 4) is 6.07 Å². The van der Waals surface area contributed by atoms with Crippen LogP contribution in [0.3, 0.4) is 0 Å². The molecule has 152 valence electrons. The van der Waals surface area contributed by atoms with Gasteiger partial charge in [0.2, 0.25) is 0 Å². The number of hydrogen-bond acceptors (Lipinski definition) is 5. The third-order valence-corrected chi connectivity index (χ3v) is 5.94. The van der Waals surface area contributed by atoms with Crippen molar-refractivity contribution in [2.45, 2.75) is 59.3 Å². The molecule has 1 fully saturated rings. The van der Waals surface area contributed by atoms with Crippen LogP contribution in [-0.2, 0) is 14.4 Å². The van der Waals surface area contributed by atoms with Gasteiger partial charge in [-0.15, -0.1) is 0 Å². The number of carbonyl (C=O) groups excluding carboxylic acids is 3. The number of benzene rings is 1. The second-order valence-corrected chi connectivity index (χ2v) is 9.94. The first-order chi connectivity index (χ1) is 13.4. The first-order valence-electron chi connectivity index (χ1n) is 9.95. The van der Waals surface area contributed by atoms with Gasteiger partial charge in [0.25, 0.3) is 0 Å². The van der Waals surface area contributed by atoms with Crippen LogP contribution >= 0.6 is 0 Å². The fraction of sp³-hybridized carbons (Fsp3) is 0.500. The van der Waals surface area contributed by atoms with Gasteiger partial charge in [-0.05, 0) is 28.5 Å². The summed E-state index contributed by atoms with van der Waals surface area (Å²) in [7, 11) is 0. The molecule has 2 aliphatic rings. The van der Waals surface area contributed by atoms with E-state index in [0.29, 0.717) is 17.5 Å². The molecule has 1 N–H and O–H groups in total. The third-order valence-electron chi connectivity index (χ3n) is 5.94. The summed E-state index contributed by atoms with van der Waals surface area (Å²) in [6.07, 6.45) is 1.08. The summed E-state index contributed by atoms with van der Waals surface area (Å²) in [4.78, 5) is 39.2. The number of aliphatic hydroxyl groups excluding tert-OH is 1. The van der Waals surface area contributed by atoms with E-state index in [-0.39, 0.29) is 53.4 Å². The highest BCUT2D eigenvalue weighted by molar-refractivity contribution is 6.09. The topological polar surface area (TPSA) is 95.2 Å². The smallest absolute Gasteiger partial charge is 0.163 e. The van der Waals surface area contributed by atoms with Crippen LogP contribution in [0, 0.1) is 28.1 Å². The molecule has 1 aromatic carbocycles. The lowest BCUT2D eigenvalue weighted by Crippen LogP contribution is -2.43. The standard InChI is InChI=1S/C24H27NO4/c1-23(2)9-16(26)21(17(27)10-23)20(15-7-5-14(13-25)6-8-15)22-18(28)11-24(3,4)12-19(22)29/h5-8,20-21,28H,9-12H2,1-4H3/t20-/m0/s1. The fourth-order valence-corrected chi connectivity index (χ4v) is 4.72. The summed E-state index contributed by atoms with van der Waals surface area (Å²) in [6, 6.07) is 8.62. The van der Waals surface area contributed by atoms with E-state index in [1.54, 1.807) is 24.3 Å². The Balaban J connectivity index is 2.15. The van der Waals surface area contributed by atoms with Crippen molar-refractivity contribution in [1.82, 2.24) is 0 Å². The number of allylic oxidation sites excluding steroid dienone is 2. The molecule has 5 nitrogen and oxygen atoms in total. The molecule has 1 saturated carbocycles. The summed E-state index contributed by atoms with van der Waals surface area (Å²) >= 11 is 0. The highest BCUT2D eigenvalue weighted by Crippen LogP contribution is 2.47. The number of hydrogen-bond donors (Lipinski definition) is 1. The molecule has 1 aromatic rings. The van der Waals surface area contributed by atoms with Crippen LogP contribution in [0.4, 0.5) is 0 Å². The zero-order chi connectivity index (χ0) is 21.6. The van der Waals surface area contributed by atoms with Gasteiger partial charge in [0.1, 0.15) is 17.3 Å². The molecule has 3 rings (SSSR count). The Morgan fingerprint density at radius 3 is 1.93 bits per heavy atom. The molecule has 0 amide bonds. The van der Waals surface area contributed by atoms with Crippen LogP contribution in [0.5, 0.6) is 0 Å². The van der Waals surface area contributed by atoms with Gasteiger partial charge in [-0.25, -0.2) is 0 Å². The molecule has 2 aliphatic carbocycles. The zero-order valence-corrected chi connectivity index (χ0v) is 17.4. The van der Waals surface area contributed by atoms with E-state index >= 15 is 0 Å². The number of nitriles is 1. The van der Waals surface area contributed by atoms with Gasteiger partial charge in [-0.3, -0.25) is 14.4 Å². The van der Waals surface area contributed by atoms with Gasteiger partial charge in [-0.2, -0.15) is 5.26 Å². The van der Waals surface area contributed by atoms with E-state index in [1.807, 2.05) is 33.8 Å². The number of carbonyl (C=O) groups is 3. The van der Waals surface area contributed by atoms with Crippen molar-refractivity contribution in [2.75, 3.05) is 0 Å². The van der Waals surface area contributed by atoms with Gasteiger partial charge >= 0.3 is 0 Å². The van der Waals surface area contributed by atoms with E-state index in [0.717, 1.165) is 0 Å². The highest BCUT2D eigenvalue weighted by Gasteiger charge is 2.48. The average Bonchev–Trinajstić information content (AvgIpc) is 2.57. The number of ketones is 3. The van der Waals surface area contributed by atoms with Crippen molar-refractivity contribution in [3.63, 3.8) is 0 Å². The molecule has 0 aliphatic heterocycles. The van der Waals surface area contributed by atoms with Crippen molar-refractivity contribution >= 4 is 17.3 Å². The van der Waals surface area contributed by atoms with Gasteiger partial charge in [0.15, 0.2) is 5.78 Å². The molecule has 0 unspecified atom stereocenters. The largest absolute Gasteiger partial charge is 0.512 e. The van der Waals surface area contributed by atoms with Crippen molar-refractivity contribution in [2.24, 2.45) is 16.7 Å². The Hall–Kier alpha value is -2.74. The predicted molar refractivity (Wildman–Crippen MR) is 108 cm³/mol. The quantitative estimate of drug-likeness (QED) is 0.767. The Morgan fingerprint density at radius 1 is 0.931 bits per heavy atom. The maximum atomic E-state index is 13.1. The minimum atomic E-state index is -0.988. The third kappa shape index (κ3) is 4.17. The van der Waals surface area contributed by atoms with Crippen molar-refractivity contribution in [1.29, 1.82) is 5.26 Å². The van der Waals surface area contributed by atoms with Crippen LogP contribution in [0.15, 0.2) is 35.6 Å². The van der Waals surface area contributed by atoms with E-state index < -0.39 is 17.3 Å². The number of nitrogens with zero attached hydrogens (tertiary/aromatic N) is 1. The number of aliphatic hydroxyl groups is 1. The molecule has 0 radical (unpaired) electrons. The van der Waals surface area contributed by atoms with Gasteiger partial charge in [-0.1, -0.05) is 39.8 Å². The van der Waals surface area contributed by atoms with E-state index in [4.69, 9.17) is 5.26 Å². The van der Waals surface area contributed by atoms with E-state index in [1.165, 1.54) is 0 Å². The predicted octanol–water partition coefficient (Wildman–Crippen LogP) is 4.42. The van der Waals surface area contributed by atoms with E-state index in [9.17, 15) is 19.5 Å². The van der Waals surface area contributed by atoms with Gasteiger partial charge in [0, 0.05) is 37.2 Å². The van der Waals surface area contributed by atoms with Crippen LogP contribution < -0.4 is 0 Å². The summed E-state index contributed by atoms with van der Waals surface area (Å²) in [6.45, 7) is 7.60. The second kappa shape index (κ2) is 7.26.